The minimum Gasteiger partial charge on any atom is -0.351 e. The number of fused-ring (bicyclic) bond motifs is 2. The zero-order chi connectivity index (χ0) is 20.5. The van der Waals surface area contributed by atoms with E-state index in [0.717, 1.165) is 16.7 Å². The molecule has 28 heavy (non-hydrogen) atoms. The fraction of sp³-hybridized carbons (Fsp3) is 0.652. The molecule has 1 aromatic carbocycles. The molecule has 2 fully saturated rings. The summed E-state index contributed by atoms with van der Waals surface area (Å²) in [5.41, 5.74) is 0.0217. The van der Waals surface area contributed by atoms with E-state index in [4.69, 9.17) is 0 Å². The molecule has 2 aliphatic carbocycles. The maximum atomic E-state index is 13.1. The quantitative estimate of drug-likeness (QED) is 0.528. The van der Waals surface area contributed by atoms with Crippen LogP contribution in [-0.2, 0) is 4.79 Å². The Balaban J connectivity index is 1.58. The molecule has 5 unspecified atom stereocenters. The standard InChI is InChI=1S/C23H34N2O2S/c1-14-10-17-12-15(2)21(19(11-14)13-17)24-22(27)23(4,5)25-28-20-8-6-18(7-9-20)16(3)26/h6-9,14-15,17,19,21,25H,10-13H2,1-5H3,(H,24,27). The molecule has 5 heteroatoms. The SMILES string of the molecule is CC(=O)c1ccc(SNC(C)(C)C(=O)NC2C(C)CC3CC(C)CC2C3)cc1. The summed E-state index contributed by atoms with van der Waals surface area (Å²) in [6, 6.07) is 7.75. The summed E-state index contributed by atoms with van der Waals surface area (Å²) in [5.74, 6) is 2.90. The maximum absolute atomic E-state index is 13.1. The number of hydrogen-bond donors (Lipinski definition) is 2. The lowest BCUT2D eigenvalue weighted by atomic mass is 9.63. The van der Waals surface area contributed by atoms with E-state index in [0.29, 0.717) is 17.4 Å². The van der Waals surface area contributed by atoms with Crippen LogP contribution in [-0.4, -0.2) is 23.3 Å². The van der Waals surface area contributed by atoms with Crippen molar-refractivity contribution in [2.45, 2.75) is 76.8 Å². The molecule has 0 aliphatic heterocycles. The fourth-order valence-corrected chi connectivity index (χ4v) is 5.75. The summed E-state index contributed by atoms with van der Waals surface area (Å²) in [6.07, 6.45) is 5.09. The molecule has 4 nitrogen and oxygen atoms in total. The van der Waals surface area contributed by atoms with Gasteiger partial charge in [0.2, 0.25) is 5.91 Å². The molecule has 3 rings (SSSR count). The Labute approximate surface area is 173 Å². The lowest BCUT2D eigenvalue weighted by Crippen LogP contribution is -2.58. The zero-order valence-corrected chi connectivity index (χ0v) is 18.6. The molecule has 1 aromatic rings. The van der Waals surface area contributed by atoms with Crippen LogP contribution in [0.1, 0.15) is 70.7 Å². The third kappa shape index (κ3) is 4.98. The first-order chi connectivity index (χ1) is 13.2. The largest absolute Gasteiger partial charge is 0.351 e. The molecule has 0 saturated heterocycles. The van der Waals surface area contributed by atoms with Crippen molar-refractivity contribution in [3.63, 3.8) is 0 Å². The molecule has 0 spiro atoms. The molecule has 0 aromatic heterocycles. The van der Waals surface area contributed by atoms with Gasteiger partial charge in [-0.1, -0.05) is 26.0 Å². The average Bonchev–Trinajstić information content (AvgIpc) is 2.63. The van der Waals surface area contributed by atoms with Crippen molar-refractivity contribution in [2.75, 3.05) is 0 Å². The normalized spacial score (nSPS) is 30.0. The van der Waals surface area contributed by atoms with E-state index in [2.05, 4.69) is 23.9 Å². The summed E-state index contributed by atoms with van der Waals surface area (Å²) in [4.78, 5) is 25.4. The van der Waals surface area contributed by atoms with Gasteiger partial charge in [0, 0.05) is 16.5 Å². The Hall–Kier alpha value is -1.33. The second-order valence-corrected chi connectivity index (χ2v) is 10.4. The number of ketones is 1. The number of Topliss-reactive ketones (excluding diaryl/α,β-unsaturated/α-hetero) is 1. The van der Waals surface area contributed by atoms with Crippen molar-refractivity contribution in [2.24, 2.45) is 23.7 Å². The fourth-order valence-electron chi connectivity index (χ4n) is 5.01. The topological polar surface area (TPSA) is 58.2 Å². The third-order valence-electron chi connectivity index (χ3n) is 6.45. The summed E-state index contributed by atoms with van der Waals surface area (Å²) in [5, 5.41) is 3.39. The molecule has 2 N–H and O–H groups in total. The summed E-state index contributed by atoms with van der Waals surface area (Å²) in [7, 11) is 0. The number of benzene rings is 1. The Morgan fingerprint density at radius 1 is 1.04 bits per heavy atom. The lowest BCUT2D eigenvalue weighted by Gasteiger charge is -2.47. The molecule has 0 radical (unpaired) electrons. The summed E-state index contributed by atoms with van der Waals surface area (Å²) < 4.78 is 3.31. The lowest BCUT2D eigenvalue weighted by molar-refractivity contribution is -0.128. The van der Waals surface area contributed by atoms with Gasteiger partial charge in [-0.15, -0.1) is 0 Å². The molecule has 0 heterocycles. The number of carbonyl (C=O) groups excluding carboxylic acids is 2. The smallest absolute Gasteiger partial charge is 0.240 e. The van der Waals surface area contributed by atoms with Gasteiger partial charge in [0.05, 0.1) is 0 Å². The molecular weight excluding hydrogens is 368 g/mol. The van der Waals surface area contributed by atoms with Gasteiger partial charge in [0.15, 0.2) is 5.78 Å². The van der Waals surface area contributed by atoms with E-state index >= 15 is 0 Å². The minimum atomic E-state index is -0.680. The highest BCUT2D eigenvalue weighted by Crippen LogP contribution is 2.44. The first-order valence-electron chi connectivity index (χ1n) is 10.5. The molecule has 1 amide bonds. The molecule has 5 atom stereocenters. The van der Waals surface area contributed by atoms with E-state index in [-0.39, 0.29) is 17.7 Å². The maximum Gasteiger partial charge on any atom is 0.240 e. The number of amides is 1. The van der Waals surface area contributed by atoms with Crippen molar-refractivity contribution in [3.8, 4) is 0 Å². The Bertz CT molecular complexity index is 712. The molecular formula is C23H34N2O2S. The minimum absolute atomic E-state index is 0.0603. The third-order valence-corrected chi connectivity index (χ3v) is 7.57. The van der Waals surface area contributed by atoms with Crippen LogP contribution in [0, 0.1) is 23.7 Å². The van der Waals surface area contributed by atoms with Gasteiger partial charge in [-0.3, -0.25) is 9.59 Å². The van der Waals surface area contributed by atoms with Gasteiger partial charge in [-0.2, -0.15) is 0 Å². The van der Waals surface area contributed by atoms with Crippen LogP contribution in [0.25, 0.3) is 0 Å². The number of nitrogens with one attached hydrogen (secondary N) is 2. The van der Waals surface area contributed by atoms with Crippen LogP contribution in [0.3, 0.4) is 0 Å². The predicted octanol–water partition coefficient (Wildman–Crippen LogP) is 4.84. The van der Waals surface area contributed by atoms with Crippen molar-refractivity contribution in [1.29, 1.82) is 0 Å². The van der Waals surface area contributed by atoms with E-state index in [1.165, 1.54) is 37.6 Å². The van der Waals surface area contributed by atoms with Crippen LogP contribution < -0.4 is 10.0 Å². The second-order valence-electron chi connectivity index (χ2n) is 9.56. The van der Waals surface area contributed by atoms with Crippen molar-refractivity contribution < 1.29 is 9.59 Å². The monoisotopic (exact) mass is 402 g/mol. The number of hydrogen-bond acceptors (Lipinski definition) is 4. The Morgan fingerprint density at radius 2 is 1.71 bits per heavy atom. The van der Waals surface area contributed by atoms with E-state index in [9.17, 15) is 9.59 Å². The van der Waals surface area contributed by atoms with Gasteiger partial charge in [0.25, 0.3) is 0 Å². The van der Waals surface area contributed by atoms with Crippen molar-refractivity contribution >= 4 is 23.6 Å². The summed E-state index contributed by atoms with van der Waals surface area (Å²) in [6.45, 7) is 10.1. The van der Waals surface area contributed by atoms with Crippen LogP contribution in [0.2, 0.25) is 0 Å². The van der Waals surface area contributed by atoms with Gasteiger partial charge in [-0.05, 0) is 94.2 Å². The van der Waals surface area contributed by atoms with Crippen LogP contribution in [0.15, 0.2) is 29.2 Å². The predicted molar refractivity (Wildman–Crippen MR) is 115 cm³/mol. The number of rotatable bonds is 6. The van der Waals surface area contributed by atoms with Gasteiger partial charge >= 0.3 is 0 Å². The Morgan fingerprint density at radius 3 is 2.36 bits per heavy atom. The highest BCUT2D eigenvalue weighted by molar-refractivity contribution is 7.97. The average molecular weight is 403 g/mol. The van der Waals surface area contributed by atoms with Gasteiger partial charge in [0.1, 0.15) is 5.54 Å². The Kier molecular flexibility index (Phi) is 6.55. The molecule has 2 aliphatic rings. The van der Waals surface area contributed by atoms with Gasteiger partial charge < -0.3 is 5.32 Å². The first-order valence-corrected chi connectivity index (χ1v) is 11.3. The number of carbonyl (C=O) groups is 2. The van der Waals surface area contributed by atoms with E-state index in [1.54, 1.807) is 6.92 Å². The second kappa shape index (κ2) is 8.58. The van der Waals surface area contributed by atoms with Crippen molar-refractivity contribution in [3.05, 3.63) is 29.8 Å². The van der Waals surface area contributed by atoms with Crippen LogP contribution in [0.4, 0.5) is 0 Å². The molecule has 2 saturated carbocycles. The molecule has 154 valence electrons. The van der Waals surface area contributed by atoms with Crippen molar-refractivity contribution in [1.82, 2.24) is 10.0 Å². The van der Waals surface area contributed by atoms with Crippen LogP contribution in [0.5, 0.6) is 0 Å². The summed E-state index contributed by atoms with van der Waals surface area (Å²) >= 11 is 1.44. The zero-order valence-electron chi connectivity index (χ0n) is 17.7. The van der Waals surface area contributed by atoms with E-state index in [1.807, 2.05) is 38.1 Å². The van der Waals surface area contributed by atoms with Crippen LogP contribution >= 0.6 is 11.9 Å². The van der Waals surface area contributed by atoms with E-state index < -0.39 is 5.54 Å². The molecule has 2 bridgehead atoms. The highest BCUT2D eigenvalue weighted by atomic mass is 32.2. The highest BCUT2D eigenvalue weighted by Gasteiger charge is 2.42. The first kappa shape index (κ1) is 21.4. The van der Waals surface area contributed by atoms with Gasteiger partial charge in [-0.25, -0.2) is 4.72 Å².